The van der Waals surface area contributed by atoms with Crippen molar-refractivity contribution < 1.29 is 39.5 Å². The van der Waals surface area contributed by atoms with Crippen LogP contribution in [0.15, 0.2) is 101 Å². The average molecular weight is 1040 g/mol. The van der Waals surface area contributed by atoms with Gasteiger partial charge in [-0.05, 0) is 122 Å². The number of carbonyl (C=O) groups is 1. The minimum absolute atomic E-state index is 0.00115. The molecule has 2 aromatic heterocycles. The zero-order valence-electron chi connectivity index (χ0n) is 39.8. The third kappa shape index (κ3) is 11.7. The van der Waals surface area contributed by atoms with Crippen LogP contribution in [0.1, 0.15) is 74.7 Å². The van der Waals surface area contributed by atoms with E-state index >= 15 is 0 Å². The lowest BCUT2D eigenvalue weighted by Crippen LogP contribution is -2.49. The molecule has 1 saturated carbocycles. The number of carbonyl (C=O) groups excluding carboxylic acids is 1. The van der Waals surface area contributed by atoms with Crippen molar-refractivity contribution in [3.05, 3.63) is 107 Å². The number of rotatable bonds is 14. The molecule has 3 aromatic carbocycles. The van der Waals surface area contributed by atoms with Crippen LogP contribution in [0.5, 0.6) is 11.5 Å². The monoisotopic (exact) mass is 1040 g/mol. The molecule has 1 amide bonds. The van der Waals surface area contributed by atoms with Crippen LogP contribution in [0, 0.1) is 11.3 Å². The zero-order valence-corrected chi connectivity index (χ0v) is 42.2. The van der Waals surface area contributed by atoms with Crippen LogP contribution in [0.3, 0.4) is 0 Å². The number of H-pyrrole nitrogens is 1. The van der Waals surface area contributed by atoms with Crippen LogP contribution in [0.2, 0.25) is 5.02 Å². The molecule has 0 bridgehead atoms. The summed E-state index contributed by atoms with van der Waals surface area (Å²) in [6, 6.07) is 19.2. The summed E-state index contributed by atoms with van der Waals surface area (Å²) in [5, 5.41) is 7.66. The maximum atomic E-state index is 14.2. The first kappa shape index (κ1) is 50.7. The number of hydrogen-bond donors (Lipinski definition) is 4. The Balaban J connectivity index is 0.926. The summed E-state index contributed by atoms with van der Waals surface area (Å²) in [5.74, 6) is -0.822. The largest absolute Gasteiger partial charge is 0.501 e. The van der Waals surface area contributed by atoms with Crippen LogP contribution >= 0.6 is 11.6 Å². The first-order chi connectivity index (χ1) is 33.8. The molecule has 380 valence electrons. The Morgan fingerprint density at radius 3 is 2.35 bits per heavy atom. The van der Waals surface area contributed by atoms with Crippen LogP contribution < -0.4 is 25.0 Å². The van der Waals surface area contributed by atoms with E-state index in [1.807, 2.05) is 16.9 Å². The fourth-order valence-corrected chi connectivity index (χ4v) is 12.5. The number of hydrogen-bond acceptors (Lipinski definition) is 12. The number of allylic oxidation sites excluding steroid dienone is 1. The van der Waals surface area contributed by atoms with Gasteiger partial charge < -0.3 is 25.3 Å². The van der Waals surface area contributed by atoms with Gasteiger partial charge in [-0.15, -0.1) is 0 Å². The molecule has 71 heavy (non-hydrogen) atoms. The van der Waals surface area contributed by atoms with Crippen molar-refractivity contribution in [1.82, 2.24) is 29.8 Å². The molecule has 20 heteroatoms. The smallest absolute Gasteiger partial charge is 0.455 e. The van der Waals surface area contributed by atoms with Crippen molar-refractivity contribution in [3.63, 3.8) is 0 Å². The number of fused-ring (bicyclic) bond motifs is 1. The normalized spacial score (nSPS) is 20.8. The highest BCUT2D eigenvalue weighted by Gasteiger charge is 2.48. The van der Waals surface area contributed by atoms with E-state index in [0.717, 1.165) is 108 Å². The predicted octanol–water partition coefficient (Wildman–Crippen LogP) is 9.08. The minimum Gasteiger partial charge on any atom is -0.455 e. The van der Waals surface area contributed by atoms with Crippen molar-refractivity contribution in [1.29, 1.82) is 0 Å². The highest BCUT2D eigenvalue weighted by atomic mass is 35.5. The molecular formula is C51H60ClF3N8O6S2. The third-order valence-corrected chi connectivity index (χ3v) is 17.6. The molecule has 0 atom stereocenters. The number of nitrogens with zero attached hydrogens (tertiary/aromatic N) is 4. The number of aromatic amines is 1. The fourth-order valence-electron chi connectivity index (χ4n) is 10.4. The van der Waals surface area contributed by atoms with Crippen LogP contribution in [-0.4, -0.2) is 120 Å². The van der Waals surface area contributed by atoms with Gasteiger partial charge in [0.25, 0.3) is 25.8 Å². The Morgan fingerprint density at radius 2 is 1.63 bits per heavy atom. The Hall–Kier alpha value is -5.18. The molecule has 4 aliphatic rings. The maximum Gasteiger partial charge on any atom is 0.501 e. The molecule has 2 saturated heterocycles. The maximum absolute atomic E-state index is 14.2. The molecule has 0 unspecified atom stereocenters. The molecule has 2 aliphatic heterocycles. The lowest BCUT2D eigenvalue weighted by Gasteiger charge is -2.39. The number of alkyl halides is 3. The number of nitrogens with one attached hydrogen (secondary N) is 4. The first-order valence-corrected chi connectivity index (χ1v) is 27.6. The van der Waals surface area contributed by atoms with Crippen molar-refractivity contribution in [2.24, 2.45) is 11.3 Å². The van der Waals surface area contributed by atoms with Crippen LogP contribution in [0.25, 0.3) is 16.6 Å². The van der Waals surface area contributed by atoms with E-state index in [2.05, 4.69) is 61.3 Å². The number of ether oxygens (including phenoxy) is 1. The highest BCUT2D eigenvalue weighted by molar-refractivity contribution is 7.92. The lowest BCUT2D eigenvalue weighted by atomic mass is 9.72. The number of benzene rings is 3. The van der Waals surface area contributed by atoms with Gasteiger partial charge >= 0.3 is 5.51 Å². The second-order valence-corrected chi connectivity index (χ2v) is 24.0. The summed E-state index contributed by atoms with van der Waals surface area (Å²) in [7, 11) is -11.0. The number of halogens is 4. The number of amides is 1. The van der Waals surface area contributed by atoms with Crippen molar-refractivity contribution in [2.75, 3.05) is 75.7 Å². The molecule has 4 heterocycles. The van der Waals surface area contributed by atoms with E-state index < -0.39 is 41.1 Å². The summed E-state index contributed by atoms with van der Waals surface area (Å²) in [5.41, 5.74) is -0.818. The minimum atomic E-state index is -6.04. The summed E-state index contributed by atoms with van der Waals surface area (Å²) in [4.78, 5) is 26.4. The molecule has 3 fully saturated rings. The SMILES string of the molecule is CC1(C)CCC(CN2CCN(c3ccc(C(=O)NS(=O)(=O)c4ccc(NCC5CCC(N6CCNCC6)CC5)c(S(=O)(=O)C(F)(F)F)c4)c(Oc4cnc5[nH]ccc5c4)c3)CC2)=C(c2ccc(Cl)cc2)C1. The topological polar surface area (TPSA) is 169 Å². The van der Waals surface area contributed by atoms with Gasteiger partial charge in [-0.2, -0.15) is 13.2 Å². The molecule has 5 aromatic rings. The van der Waals surface area contributed by atoms with E-state index in [1.54, 1.807) is 30.5 Å². The highest BCUT2D eigenvalue weighted by Crippen LogP contribution is 2.44. The van der Waals surface area contributed by atoms with E-state index in [1.165, 1.54) is 29.0 Å². The molecular weight excluding hydrogens is 977 g/mol. The molecule has 0 radical (unpaired) electrons. The van der Waals surface area contributed by atoms with Gasteiger partial charge in [0.05, 0.1) is 22.3 Å². The number of aromatic nitrogens is 2. The quantitative estimate of drug-likeness (QED) is 0.0834. The van der Waals surface area contributed by atoms with Gasteiger partial charge in [-0.1, -0.05) is 43.2 Å². The Morgan fingerprint density at radius 1 is 0.901 bits per heavy atom. The average Bonchev–Trinajstić information content (AvgIpc) is 3.82. The standard InChI is InChI=1S/C51H60ClF3N8O6S2/c1-50(2)17-15-37(44(30-50)35-5-7-38(52)8-6-35)33-61-23-25-63(26-24-61)40-11-13-43(46(28-40)69-41-27-36-16-18-57-48(36)59-32-41)49(64)60-71(67,68)42-12-14-45(47(29-42)70(65,66)51(53,54)55)58-31-34-3-9-39(10-4-34)62-21-19-56-20-22-62/h5-8,11-14,16,18,27-29,32,34,39,56,58H,3-4,9-10,15,17,19-26,30-31,33H2,1-2H3,(H,57,59)(H,60,64). The Labute approximate surface area is 418 Å². The zero-order chi connectivity index (χ0) is 50.1. The third-order valence-electron chi connectivity index (χ3n) is 14.5. The summed E-state index contributed by atoms with van der Waals surface area (Å²) >= 11 is 6.24. The van der Waals surface area contributed by atoms with Gasteiger partial charge in [-0.25, -0.2) is 26.5 Å². The first-order valence-electron chi connectivity index (χ1n) is 24.2. The molecule has 4 N–H and O–H groups in total. The van der Waals surface area contributed by atoms with E-state index in [9.17, 15) is 34.8 Å². The van der Waals surface area contributed by atoms with Crippen LogP contribution in [-0.2, 0) is 19.9 Å². The van der Waals surface area contributed by atoms with Gasteiger partial charge in [0.15, 0.2) is 0 Å². The number of anilines is 2. The molecule has 2 aliphatic carbocycles. The molecule has 9 rings (SSSR count). The fraction of sp³-hybridized carbons (Fsp3) is 0.451. The van der Waals surface area contributed by atoms with Gasteiger partial charge in [0, 0.05) is 99.8 Å². The Bertz CT molecular complexity index is 3000. The van der Waals surface area contributed by atoms with Gasteiger partial charge in [0.1, 0.15) is 22.0 Å². The van der Waals surface area contributed by atoms with E-state index in [-0.39, 0.29) is 40.6 Å². The summed E-state index contributed by atoms with van der Waals surface area (Å²) in [6.45, 7) is 12.2. The predicted molar refractivity (Wildman–Crippen MR) is 270 cm³/mol. The molecule has 0 spiro atoms. The number of sulfonamides is 1. The lowest BCUT2D eigenvalue weighted by molar-refractivity contribution is -0.0435. The summed E-state index contributed by atoms with van der Waals surface area (Å²) < 4.78 is 105. The summed E-state index contributed by atoms with van der Waals surface area (Å²) in [6.07, 6.45) is 9.66. The van der Waals surface area contributed by atoms with Crippen molar-refractivity contribution in [2.45, 2.75) is 80.1 Å². The van der Waals surface area contributed by atoms with Crippen LogP contribution in [0.4, 0.5) is 24.5 Å². The Kier molecular flexibility index (Phi) is 14.8. The van der Waals surface area contributed by atoms with Gasteiger partial charge in [-0.3, -0.25) is 14.6 Å². The van der Waals surface area contributed by atoms with Gasteiger partial charge in [0.2, 0.25) is 0 Å². The molecule has 14 nitrogen and oxygen atoms in total. The number of pyridine rings is 1. The van der Waals surface area contributed by atoms with Crippen molar-refractivity contribution in [3.8, 4) is 11.5 Å². The second-order valence-electron chi connectivity index (χ2n) is 19.9. The van der Waals surface area contributed by atoms with Crippen molar-refractivity contribution >= 4 is 65.3 Å². The van der Waals surface area contributed by atoms with E-state index in [4.69, 9.17) is 16.3 Å². The number of sulfone groups is 1. The second kappa shape index (κ2) is 20.7. The number of piperazine rings is 2. The van der Waals surface area contributed by atoms with E-state index in [0.29, 0.717) is 41.6 Å².